The fraction of sp³-hybridized carbons (Fsp3) is 0.833. The highest BCUT2D eigenvalue weighted by atomic mass is 32.2. The van der Waals surface area contributed by atoms with Gasteiger partial charge in [-0.15, -0.1) is 0 Å². The summed E-state index contributed by atoms with van der Waals surface area (Å²) in [6.45, 7) is 1.98. The number of hydrogen-bond acceptors (Lipinski definition) is 3. The van der Waals surface area contributed by atoms with Gasteiger partial charge < -0.3 is 10.1 Å². The molecule has 0 spiro atoms. The molecule has 3 nitrogen and oxygen atoms in total. The summed E-state index contributed by atoms with van der Waals surface area (Å²) in [5, 5.41) is 2.77. The van der Waals surface area contributed by atoms with Crippen molar-refractivity contribution < 1.29 is 9.53 Å². The third-order valence-electron chi connectivity index (χ3n) is 2.03. The van der Waals surface area contributed by atoms with E-state index in [1.54, 1.807) is 0 Å². The van der Waals surface area contributed by atoms with Crippen LogP contribution in [0.15, 0.2) is 0 Å². The quantitative estimate of drug-likeness (QED) is 0.562. The summed E-state index contributed by atoms with van der Waals surface area (Å²) in [5.74, 6) is 1.92. The molecule has 0 radical (unpaired) electrons. The first-order valence-electron chi connectivity index (χ1n) is 3.28. The van der Waals surface area contributed by atoms with E-state index in [0.717, 1.165) is 11.5 Å². The van der Waals surface area contributed by atoms with Crippen LogP contribution in [0, 0.1) is 0 Å². The van der Waals surface area contributed by atoms with Crippen molar-refractivity contribution in [3.05, 3.63) is 0 Å². The van der Waals surface area contributed by atoms with E-state index in [1.165, 1.54) is 0 Å². The molecule has 0 aromatic carbocycles. The van der Waals surface area contributed by atoms with Gasteiger partial charge in [0.2, 0.25) is 0 Å². The number of hydrogen-bond donors (Lipinski definition) is 1. The Morgan fingerprint density at radius 2 is 2.70 bits per heavy atom. The van der Waals surface area contributed by atoms with E-state index in [1.807, 2.05) is 18.7 Å². The number of carbonyl (C=O) groups is 1. The normalized spacial score (nSPS) is 44.5. The maximum absolute atomic E-state index is 10.7. The van der Waals surface area contributed by atoms with Crippen LogP contribution < -0.4 is 5.32 Å². The molecule has 10 heavy (non-hydrogen) atoms. The van der Waals surface area contributed by atoms with Crippen molar-refractivity contribution in [3.8, 4) is 0 Å². The van der Waals surface area contributed by atoms with Crippen LogP contribution in [0.25, 0.3) is 0 Å². The third-order valence-corrected chi connectivity index (χ3v) is 3.37. The maximum atomic E-state index is 10.7. The van der Waals surface area contributed by atoms with E-state index >= 15 is 0 Å². The number of fused-ring (bicyclic) bond motifs is 1. The zero-order valence-corrected chi connectivity index (χ0v) is 6.53. The van der Waals surface area contributed by atoms with Crippen molar-refractivity contribution in [2.45, 2.75) is 18.6 Å². The molecule has 2 heterocycles. The van der Waals surface area contributed by atoms with Crippen molar-refractivity contribution in [2.24, 2.45) is 0 Å². The molecule has 1 amide bonds. The van der Waals surface area contributed by atoms with E-state index in [2.05, 4.69) is 5.32 Å². The van der Waals surface area contributed by atoms with Gasteiger partial charge in [0.15, 0.2) is 0 Å². The van der Waals surface area contributed by atoms with E-state index in [4.69, 9.17) is 4.74 Å². The standard InChI is InChI=1S/C6H9NO2S/c1-6-3-10-2-4(6)7-5(8)9-6/h4H,2-3H2,1H3,(H,7,8)/t4-,6-/m1/s1. The number of thioether (sulfide) groups is 1. The second kappa shape index (κ2) is 1.81. The molecule has 2 aliphatic rings. The lowest BCUT2D eigenvalue weighted by atomic mass is 10.0. The zero-order valence-electron chi connectivity index (χ0n) is 5.72. The average molecular weight is 159 g/mol. The third kappa shape index (κ3) is 0.714. The molecule has 0 aromatic heterocycles. The Kier molecular flexibility index (Phi) is 1.15. The van der Waals surface area contributed by atoms with E-state index in [0.29, 0.717) is 0 Å². The lowest BCUT2D eigenvalue weighted by molar-refractivity contribution is 0.0805. The van der Waals surface area contributed by atoms with E-state index in [-0.39, 0.29) is 17.7 Å². The molecule has 56 valence electrons. The summed E-state index contributed by atoms with van der Waals surface area (Å²) in [6, 6.07) is 0.241. The Morgan fingerprint density at radius 1 is 1.90 bits per heavy atom. The smallest absolute Gasteiger partial charge is 0.408 e. The van der Waals surface area contributed by atoms with Gasteiger partial charge in [-0.2, -0.15) is 11.8 Å². The lowest BCUT2D eigenvalue weighted by Crippen LogP contribution is -2.39. The second-order valence-electron chi connectivity index (χ2n) is 2.91. The SMILES string of the molecule is C[C@@]12CSC[C@H]1NC(=O)O2. The van der Waals surface area contributed by atoms with Crippen LogP contribution in [0.3, 0.4) is 0 Å². The molecule has 0 bridgehead atoms. The molecule has 4 heteroatoms. The van der Waals surface area contributed by atoms with E-state index in [9.17, 15) is 4.79 Å². The molecule has 2 fully saturated rings. The fourth-order valence-corrected chi connectivity index (χ4v) is 2.79. The van der Waals surface area contributed by atoms with Gasteiger partial charge in [0, 0.05) is 11.5 Å². The Bertz CT molecular complexity index is 185. The van der Waals surface area contributed by atoms with Crippen molar-refractivity contribution in [1.82, 2.24) is 5.32 Å². The molecule has 2 aliphatic heterocycles. The number of carbonyl (C=O) groups excluding carboxylic acids is 1. The predicted molar refractivity (Wildman–Crippen MR) is 39.1 cm³/mol. The second-order valence-corrected chi connectivity index (χ2v) is 3.94. The molecular weight excluding hydrogens is 150 g/mol. The first kappa shape index (κ1) is 6.34. The Balaban J connectivity index is 2.22. The number of alkyl carbamates (subject to hydrolysis) is 1. The average Bonchev–Trinajstić information content (AvgIpc) is 2.20. The van der Waals surface area contributed by atoms with Gasteiger partial charge in [-0.1, -0.05) is 0 Å². The minimum atomic E-state index is -0.257. The monoisotopic (exact) mass is 159 g/mol. The Morgan fingerprint density at radius 3 is 3.40 bits per heavy atom. The molecule has 2 atom stereocenters. The topological polar surface area (TPSA) is 38.3 Å². The summed E-state index contributed by atoms with van der Waals surface area (Å²) in [4.78, 5) is 10.7. The first-order chi connectivity index (χ1) is 4.71. The fourth-order valence-electron chi connectivity index (χ4n) is 1.33. The highest BCUT2D eigenvalue weighted by Gasteiger charge is 2.48. The summed E-state index contributed by atoms with van der Waals surface area (Å²) < 4.78 is 5.10. The van der Waals surface area contributed by atoms with Crippen LogP contribution in [-0.4, -0.2) is 29.2 Å². The lowest BCUT2D eigenvalue weighted by Gasteiger charge is -2.18. The van der Waals surface area contributed by atoms with Crippen molar-refractivity contribution in [2.75, 3.05) is 11.5 Å². The molecular formula is C6H9NO2S. The minimum absolute atomic E-state index is 0.220. The van der Waals surface area contributed by atoms with Gasteiger partial charge >= 0.3 is 6.09 Å². The highest BCUT2D eigenvalue weighted by Crippen LogP contribution is 2.34. The minimum Gasteiger partial charge on any atom is -0.440 e. The molecule has 2 rings (SSSR count). The van der Waals surface area contributed by atoms with Crippen LogP contribution in [0.2, 0.25) is 0 Å². The summed E-state index contributed by atoms with van der Waals surface area (Å²) in [5.41, 5.74) is -0.220. The molecule has 2 saturated heterocycles. The van der Waals surface area contributed by atoms with Crippen molar-refractivity contribution in [1.29, 1.82) is 0 Å². The molecule has 0 saturated carbocycles. The van der Waals surface area contributed by atoms with Crippen LogP contribution >= 0.6 is 11.8 Å². The maximum Gasteiger partial charge on any atom is 0.408 e. The van der Waals surface area contributed by atoms with Crippen LogP contribution in [0.5, 0.6) is 0 Å². The zero-order chi connectivity index (χ0) is 7.19. The Labute approximate surface area is 63.5 Å². The summed E-state index contributed by atoms with van der Waals surface area (Å²) in [6.07, 6.45) is -0.257. The predicted octanol–water partition coefficient (Wildman–Crippen LogP) is 0.600. The summed E-state index contributed by atoms with van der Waals surface area (Å²) in [7, 11) is 0. The first-order valence-corrected chi connectivity index (χ1v) is 4.43. The van der Waals surface area contributed by atoms with Gasteiger partial charge in [0.1, 0.15) is 5.60 Å². The molecule has 0 aromatic rings. The Hall–Kier alpha value is -0.380. The largest absolute Gasteiger partial charge is 0.440 e. The van der Waals surface area contributed by atoms with Crippen LogP contribution in [-0.2, 0) is 4.74 Å². The molecule has 0 aliphatic carbocycles. The van der Waals surface area contributed by atoms with Crippen molar-refractivity contribution >= 4 is 17.9 Å². The number of ether oxygens (including phenoxy) is 1. The number of nitrogens with one attached hydrogen (secondary N) is 1. The highest BCUT2D eigenvalue weighted by molar-refractivity contribution is 7.99. The van der Waals surface area contributed by atoms with E-state index < -0.39 is 0 Å². The molecule has 0 unspecified atom stereocenters. The van der Waals surface area contributed by atoms with Gasteiger partial charge in [0.05, 0.1) is 6.04 Å². The number of amides is 1. The van der Waals surface area contributed by atoms with Gasteiger partial charge in [-0.25, -0.2) is 4.79 Å². The van der Waals surface area contributed by atoms with Gasteiger partial charge in [-0.3, -0.25) is 0 Å². The number of rotatable bonds is 0. The van der Waals surface area contributed by atoms with Crippen LogP contribution in [0.4, 0.5) is 4.79 Å². The van der Waals surface area contributed by atoms with Gasteiger partial charge in [0.25, 0.3) is 0 Å². The molecule has 1 N–H and O–H groups in total. The summed E-state index contributed by atoms with van der Waals surface area (Å²) >= 11 is 1.83. The van der Waals surface area contributed by atoms with Crippen molar-refractivity contribution in [3.63, 3.8) is 0 Å². The van der Waals surface area contributed by atoms with Crippen LogP contribution in [0.1, 0.15) is 6.92 Å². The van der Waals surface area contributed by atoms with Gasteiger partial charge in [-0.05, 0) is 6.92 Å².